The Labute approximate surface area is 89.1 Å². The zero-order valence-corrected chi connectivity index (χ0v) is 9.14. The van der Waals surface area contributed by atoms with Crippen molar-refractivity contribution in [1.29, 1.82) is 0 Å². The standard InChI is InChI=1S/C11H16N4/c1-8(7-12)6-10-14-9-4-3-5-13-11(9)15(10)2/h3-5,8H,6-7,12H2,1-2H3. The summed E-state index contributed by atoms with van der Waals surface area (Å²) in [6, 6.07) is 3.89. The lowest BCUT2D eigenvalue weighted by Crippen LogP contribution is -2.15. The summed E-state index contributed by atoms with van der Waals surface area (Å²) in [5.41, 5.74) is 7.51. The first kappa shape index (κ1) is 10.1. The molecule has 2 aromatic rings. The highest BCUT2D eigenvalue weighted by Crippen LogP contribution is 2.14. The number of hydrogen-bond acceptors (Lipinski definition) is 3. The SMILES string of the molecule is CC(CN)Cc1nc2cccnc2n1C. The van der Waals surface area contributed by atoms with Crippen LogP contribution < -0.4 is 5.73 Å². The fourth-order valence-corrected chi connectivity index (χ4v) is 1.65. The second-order valence-corrected chi connectivity index (χ2v) is 3.98. The number of nitrogens with zero attached hydrogens (tertiary/aromatic N) is 3. The molecule has 4 heteroatoms. The Morgan fingerprint density at radius 2 is 2.33 bits per heavy atom. The normalized spacial score (nSPS) is 13.3. The molecule has 0 spiro atoms. The molecule has 0 aliphatic carbocycles. The molecule has 0 bridgehead atoms. The summed E-state index contributed by atoms with van der Waals surface area (Å²) < 4.78 is 2.04. The van der Waals surface area contributed by atoms with Gasteiger partial charge < -0.3 is 10.3 Å². The maximum absolute atomic E-state index is 5.61. The summed E-state index contributed by atoms with van der Waals surface area (Å²) in [7, 11) is 2.00. The van der Waals surface area contributed by atoms with E-state index in [1.165, 1.54) is 0 Å². The lowest BCUT2D eigenvalue weighted by molar-refractivity contribution is 0.563. The highest BCUT2D eigenvalue weighted by molar-refractivity contribution is 5.70. The zero-order valence-electron chi connectivity index (χ0n) is 9.14. The fourth-order valence-electron chi connectivity index (χ4n) is 1.65. The smallest absolute Gasteiger partial charge is 0.159 e. The molecule has 1 unspecified atom stereocenters. The molecule has 4 nitrogen and oxygen atoms in total. The second-order valence-electron chi connectivity index (χ2n) is 3.98. The highest BCUT2D eigenvalue weighted by atomic mass is 15.1. The Kier molecular flexibility index (Phi) is 2.68. The topological polar surface area (TPSA) is 56.7 Å². The quantitative estimate of drug-likeness (QED) is 0.814. The van der Waals surface area contributed by atoms with Gasteiger partial charge in [0.1, 0.15) is 11.3 Å². The molecule has 2 aromatic heterocycles. The van der Waals surface area contributed by atoms with Crippen LogP contribution in [0.4, 0.5) is 0 Å². The number of nitrogens with two attached hydrogens (primary N) is 1. The Balaban J connectivity index is 2.40. The molecular formula is C11H16N4. The van der Waals surface area contributed by atoms with E-state index in [1.54, 1.807) is 6.20 Å². The molecule has 0 aliphatic rings. The average molecular weight is 204 g/mol. The minimum atomic E-state index is 0.459. The second kappa shape index (κ2) is 3.98. The minimum absolute atomic E-state index is 0.459. The third-order valence-electron chi connectivity index (χ3n) is 2.65. The minimum Gasteiger partial charge on any atom is -0.330 e. The van der Waals surface area contributed by atoms with Gasteiger partial charge in [-0.3, -0.25) is 0 Å². The molecule has 0 aliphatic heterocycles. The van der Waals surface area contributed by atoms with E-state index in [0.29, 0.717) is 12.5 Å². The molecule has 2 heterocycles. The maximum atomic E-state index is 5.61. The molecule has 0 radical (unpaired) electrons. The van der Waals surface area contributed by atoms with Crippen molar-refractivity contribution in [3.8, 4) is 0 Å². The van der Waals surface area contributed by atoms with Gasteiger partial charge in [0.25, 0.3) is 0 Å². The number of aryl methyl sites for hydroxylation is 1. The largest absolute Gasteiger partial charge is 0.330 e. The van der Waals surface area contributed by atoms with E-state index in [-0.39, 0.29) is 0 Å². The van der Waals surface area contributed by atoms with Crippen molar-refractivity contribution in [2.45, 2.75) is 13.3 Å². The van der Waals surface area contributed by atoms with Crippen LogP contribution in [0, 0.1) is 5.92 Å². The third-order valence-corrected chi connectivity index (χ3v) is 2.65. The summed E-state index contributed by atoms with van der Waals surface area (Å²) in [5.74, 6) is 1.52. The predicted molar refractivity (Wildman–Crippen MR) is 60.4 cm³/mol. The highest BCUT2D eigenvalue weighted by Gasteiger charge is 2.10. The molecule has 1 atom stereocenters. The number of rotatable bonds is 3. The molecule has 2 N–H and O–H groups in total. The summed E-state index contributed by atoms with van der Waals surface area (Å²) in [4.78, 5) is 8.85. The van der Waals surface area contributed by atoms with Crippen LogP contribution in [0.15, 0.2) is 18.3 Å². The van der Waals surface area contributed by atoms with Gasteiger partial charge in [-0.25, -0.2) is 9.97 Å². The van der Waals surface area contributed by atoms with Gasteiger partial charge in [0.15, 0.2) is 5.65 Å². The van der Waals surface area contributed by atoms with Crippen molar-refractivity contribution in [1.82, 2.24) is 14.5 Å². The number of hydrogen-bond donors (Lipinski definition) is 1. The number of fused-ring (bicyclic) bond motifs is 1. The van der Waals surface area contributed by atoms with Gasteiger partial charge in [-0.2, -0.15) is 0 Å². The van der Waals surface area contributed by atoms with Crippen molar-refractivity contribution in [3.05, 3.63) is 24.2 Å². The van der Waals surface area contributed by atoms with Crippen LogP contribution in [0.3, 0.4) is 0 Å². The lowest BCUT2D eigenvalue weighted by atomic mass is 10.1. The first-order valence-corrected chi connectivity index (χ1v) is 5.18. The molecule has 2 rings (SSSR count). The molecular weight excluding hydrogens is 188 g/mol. The molecule has 0 aromatic carbocycles. The molecule has 0 saturated heterocycles. The van der Waals surface area contributed by atoms with Crippen LogP contribution in [-0.4, -0.2) is 21.1 Å². The molecule has 0 amide bonds. The molecule has 80 valence electrons. The van der Waals surface area contributed by atoms with E-state index in [1.807, 2.05) is 23.7 Å². The van der Waals surface area contributed by atoms with Crippen LogP contribution in [0.1, 0.15) is 12.7 Å². The summed E-state index contributed by atoms with van der Waals surface area (Å²) in [6.07, 6.45) is 2.70. The summed E-state index contributed by atoms with van der Waals surface area (Å²) >= 11 is 0. The van der Waals surface area contributed by atoms with Gasteiger partial charge in [-0.1, -0.05) is 6.92 Å². The van der Waals surface area contributed by atoms with Gasteiger partial charge in [0.2, 0.25) is 0 Å². The van der Waals surface area contributed by atoms with E-state index in [2.05, 4.69) is 16.9 Å². The van der Waals surface area contributed by atoms with E-state index >= 15 is 0 Å². The van der Waals surface area contributed by atoms with Crippen molar-refractivity contribution in [2.24, 2.45) is 18.7 Å². The monoisotopic (exact) mass is 204 g/mol. The zero-order chi connectivity index (χ0) is 10.8. The Morgan fingerprint density at radius 1 is 1.53 bits per heavy atom. The van der Waals surface area contributed by atoms with Crippen molar-refractivity contribution in [3.63, 3.8) is 0 Å². The van der Waals surface area contributed by atoms with Crippen LogP contribution in [0.5, 0.6) is 0 Å². The van der Waals surface area contributed by atoms with Gasteiger partial charge in [-0.05, 0) is 24.6 Å². The van der Waals surface area contributed by atoms with Crippen LogP contribution in [0.25, 0.3) is 11.2 Å². The van der Waals surface area contributed by atoms with E-state index < -0.39 is 0 Å². The summed E-state index contributed by atoms with van der Waals surface area (Å²) in [6.45, 7) is 2.82. The Bertz CT molecular complexity index is 461. The first-order chi connectivity index (χ1) is 7.22. The first-order valence-electron chi connectivity index (χ1n) is 5.18. The number of pyridine rings is 1. The Morgan fingerprint density at radius 3 is 3.00 bits per heavy atom. The van der Waals surface area contributed by atoms with Crippen molar-refractivity contribution < 1.29 is 0 Å². The van der Waals surface area contributed by atoms with Crippen molar-refractivity contribution >= 4 is 11.2 Å². The van der Waals surface area contributed by atoms with Crippen molar-refractivity contribution in [2.75, 3.05) is 6.54 Å². The third kappa shape index (κ3) is 1.85. The van der Waals surface area contributed by atoms with E-state index in [9.17, 15) is 0 Å². The van der Waals surface area contributed by atoms with Gasteiger partial charge in [0, 0.05) is 19.7 Å². The lowest BCUT2D eigenvalue weighted by Gasteiger charge is -2.07. The summed E-state index contributed by atoms with van der Waals surface area (Å²) in [5, 5.41) is 0. The fraction of sp³-hybridized carbons (Fsp3) is 0.455. The number of imidazole rings is 1. The van der Waals surface area contributed by atoms with Gasteiger partial charge >= 0.3 is 0 Å². The van der Waals surface area contributed by atoms with Crippen LogP contribution >= 0.6 is 0 Å². The Hall–Kier alpha value is -1.42. The van der Waals surface area contributed by atoms with Gasteiger partial charge in [0.05, 0.1) is 0 Å². The molecule has 15 heavy (non-hydrogen) atoms. The average Bonchev–Trinajstić information content (AvgIpc) is 2.57. The van der Waals surface area contributed by atoms with Crippen LogP contribution in [0.2, 0.25) is 0 Å². The van der Waals surface area contributed by atoms with E-state index in [4.69, 9.17) is 5.73 Å². The van der Waals surface area contributed by atoms with E-state index in [0.717, 1.165) is 23.4 Å². The van der Waals surface area contributed by atoms with Crippen LogP contribution in [-0.2, 0) is 13.5 Å². The van der Waals surface area contributed by atoms with Gasteiger partial charge in [-0.15, -0.1) is 0 Å². The predicted octanol–water partition coefficient (Wildman–Crippen LogP) is 1.11. The number of aromatic nitrogens is 3. The molecule has 0 fully saturated rings. The maximum Gasteiger partial charge on any atom is 0.159 e. The molecule has 0 saturated carbocycles.